The molecule has 1 N–H and O–H groups in total. The Balaban J connectivity index is 1.35. The van der Waals surface area contributed by atoms with E-state index in [1.54, 1.807) is 36.4 Å². The lowest BCUT2D eigenvalue weighted by atomic mass is 9.96. The van der Waals surface area contributed by atoms with Crippen LogP contribution in [0.15, 0.2) is 53.1 Å². The number of nitriles is 1. The number of rotatable bonds is 4. The second-order valence-corrected chi connectivity index (χ2v) is 7.29. The van der Waals surface area contributed by atoms with Crippen LogP contribution in [0.3, 0.4) is 0 Å². The van der Waals surface area contributed by atoms with E-state index in [9.17, 15) is 4.79 Å². The Morgan fingerprint density at radius 1 is 1.21 bits per heavy atom. The van der Waals surface area contributed by atoms with Crippen LogP contribution in [0.5, 0.6) is 0 Å². The number of nitrogens with zero attached hydrogens (tertiary/aromatic N) is 4. The van der Waals surface area contributed by atoms with Gasteiger partial charge in [-0.1, -0.05) is 22.8 Å². The molecule has 1 aromatic heterocycles. The largest absolute Gasteiger partial charge is 0.326 e. The highest BCUT2D eigenvalue weighted by Gasteiger charge is 2.27. The number of halogens is 1. The van der Waals surface area contributed by atoms with E-state index in [1.165, 1.54) is 0 Å². The summed E-state index contributed by atoms with van der Waals surface area (Å²) >= 11 is 5.91. The van der Waals surface area contributed by atoms with Gasteiger partial charge < -0.3 is 14.7 Å². The summed E-state index contributed by atoms with van der Waals surface area (Å²) in [6.45, 7) is 1.30. The predicted octanol–water partition coefficient (Wildman–Crippen LogP) is 4.12. The average molecular weight is 408 g/mol. The summed E-state index contributed by atoms with van der Waals surface area (Å²) in [5, 5.41) is 16.6. The molecular formula is C21H18ClN5O2. The minimum Gasteiger partial charge on any atom is -0.326 e. The molecule has 29 heavy (non-hydrogen) atoms. The number of nitrogens with one attached hydrogen (secondary N) is 1. The lowest BCUT2D eigenvalue weighted by Gasteiger charge is -2.29. The van der Waals surface area contributed by atoms with E-state index in [0.717, 1.165) is 5.56 Å². The van der Waals surface area contributed by atoms with Gasteiger partial charge in [-0.3, -0.25) is 4.79 Å². The Bertz CT molecular complexity index is 1050. The van der Waals surface area contributed by atoms with Crippen molar-refractivity contribution in [3.63, 3.8) is 0 Å². The molecule has 3 aromatic rings. The molecule has 0 bridgehead atoms. The molecule has 1 saturated heterocycles. The van der Waals surface area contributed by atoms with E-state index in [1.807, 2.05) is 17.0 Å². The van der Waals surface area contributed by atoms with E-state index >= 15 is 0 Å². The Hall–Kier alpha value is -3.37. The van der Waals surface area contributed by atoms with Gasteiger partial charge in [0.25, 0.3) is 0 Å². The molecule has 1 fully saturated rings. The maximum Gasteiger partial charge on any atom is 0.324 e. The predicted molar refractivity (Wildman–Crippen MR) is 109 cm³/mol. The second kappa shape index (κ2) is 8.33. The monoisotopic (exact) mass is 407 g/mol. The number of amides is 1. The first-order valence-corrected chi connectivity index (χ1v) is 9.66. The summed E-state index contributed by atoms with van der Waals surface area (Å²) in [4.78, 5) is 19.0. The Labute approximate surface area is 172 Å². The van der Waals surface area contributed by atoms with Crippen molar-refractivity contribution in [2.45, 2.75) is 12.8 Å². The third-order valence-corrected chi connectivity index (χ3v) is 5.17. The van der Waals surface area contributed by atoms with Crippen molar-refractivity contribution < 1.29 is 9.32 Å². The first-order chi connectivity index (χ1) is 14.1. The van der Waals surface area contributed by atoms with Crippen LogP contribution in [0.25, 0.3) is 11.4 Å². The molecule has 2 aromatic carbocycles. The van der Waals surface area contributed by atoms with Crippen molar-refractivity contribution in [3.8, 4) is 17.5 Å². The molecule has 2 heterocycles. The van der Waals surface area contributed by atoms with Gasteiger partial charge in [-0.2, -0.15) is 10.2 Å². The van der Waals surface area contributed by atoms with Gasteiger partial charge in [-0.25, -0.2) is 0 Å². The average Bonchev–Trinajstić information content (AvgIpc) is 3.25. The van der Waals surface area contributed by atoms with Crippen LogP contribution in [0.2, 0.25) is 5.02 Å². The molecular weight excluding hydrogens is 390 g/mol. The third-order valence-electron chi connectivity index (χ3n) is 4.91. The highest BCUT2D eigenvalue weighted by atomic mass is 35.5. The molecule has 0 radical (unpaired) electrons. The molecule has 7 nitrogen and oxygen atoms in total. The lowest BCUT2D eigenvalue weighted by Crippen LogP contribution is -2.38. The van der Waals surface area contributed by atoms with Crippen molar-refractivity contribution >= 4 is 29.2 Å². The Kier molecular flexibility index (Phi) is 5.45. The number of carbonyl (C=O) groups excluding carboxylic acids is 1. The Morgan fingerprint density at radius 3 is 2.69 bits per heavy atom. The SMILES string of the molecule is N#Cc1cccc(NC(=O)C2CCN(c3nc(-c4ccc(Cl)cc4)no3)CC2)c1. The van der Waals surface area contributed by atoms with Crippen LogP contribution < -0.4 is 10.2 Å². The summed E-state index contributed by atoms with van der Waals surface area (Å²) in [7, 11) is 0. The number of anilines is 2. The van der Waals surface area contributed by atoms with Crippen LogP contribution in [-0.4, -0.2) is 29.1 Å². The van der Waals surface area contributed by atoms with Gasteiger partial charge in [0.15, 0.2) is 0 Å². The Morgan fingerprint density at radius 2 is 1.97 bits per heavy atom. The maximum absolute atomic E-state index is 12.6. The smallest absolute Gasteiger partial charge is 0.324 e. The summed E-state index contributed by atoms with van der Waals surface area (Å²) in [6, 6.07) is 16.7. The number of piperidine rings is 1. The van der Waals surface area contributed by atoms with Crippen LogP contribution in [0.1, 0.15) is 18.4 Å². The first kappa shape index (κ1) is 19.0. The van der Waals surface area contributed by atoms with Crippen LogP contribution in [-0.2, 0) is 4.79 Å². The molecule has 0 aliphatic carbocycles. The van der Waals surface area contributed by atoms with Crippen molar-refractivity contribution in [1.29, 1.82) is 5.26 Å². The standard InChI is InChI=1S/C21H18ClN5O2/c22-17-6-4-15(5-7-17)19-25-21(29-26-19)27-10-8-16(9-11-27)20(28)24-18-3-1-2-14(12-18)13-23/h1-7,12,16H,8-11H2,(H,24,28). The van der Waals surface area contributed by atoms with E-state index in [4.69, 9.17) is 21.4 Å². The fraction of sp³-hybridized carbons (Fsp3) is 0.238. The molecule has 0 saturated carbocycles. The van der Waals surface area contributed by atoms with Crippen molar-refractivity contribution in [3.05, 3.63) is 59.1 Å². The molecule has 1 aliphatic heterocycles. The van der Waals surface area contributed by atoms with Gasteiger partial charge in [-0.05, 0) is 55.3 Å². The summed E-state index contributed by atoms with van der Waals surface area (Å²) < 4.78 is 5.41. The van der Waals surface area contributed by atoms with Crippen molar-refractivity contribution in [2.75, 3.05) is 23.3 Å². The maximum atomic E-state index is 12.6. The van der Waals surface area contributed by atoms with Gasteiger partial charge in [0, 0.05) is 35.3 Å². The first-order valence-electron chi connectivity index (χ1n) is 9.28. The third kappa shape index (κ3) is 4.39. The lowest BCUT2D eigenvalue weighted by molar-refractivity contribution is -0.120. The topological polar surface area (TPSA) is 95.1 Å². The summed E-state index contributed by atoms with van der Waals surface area (Å²) in [5.74, 6) is 0.372. The van der Waals surface area contributed by atoms with E-state index < -0.39 is 0 Å². The zero-order valence-corrected chi connectivity index (χ0v) is 16.3. The minimum absolute atomic E-state index is 0.0351. The van der Waals surface area contributed by atoms with Crippen LogP contribution >= 0.6 is 11.6 Å². The van der Waals surface area contributed by atoms with E-state index in [2.05, 4.69) is 21.5 Å². The summed E-state index contributed by atoms with van der Waals surface area (Å²) in [6.07, 6.45) is 1.37. The van der Waals surface area contributed by atoms with Gasteiger partial charge in [0.2, 0.25) is 11.7 Å². The number of benzene rings is 2. The number of carbonyl (C=O) groups is 1. The molecule has 146 valence electrons. The zero-order chi connectivity index (χ0) is 20.2. The highest BCUT2D eigenvalue weighted by Crippen LogP contribution is 2.26. The molecule has 1 aliphatic rings. The molecule has 4 rings (SSSR count). The van der Waals surface area contributed by atoms with Crippen LogP contribution in [0, 0.1) is 17.2 Å². The normalized spacial score (nSPS) is 14.4. The highest BCUT2D eigenvalue weighted by molar-refractivity contribution is 6.30. The molecule has 0 atom stereocenters. The fourth-order valence-corrected chi connectivity index (χ4v) is 3.43. The molecule has 0 spiro atoms. The van der Waals surface area contributed by atoms with Gasteiger partial charge in [-0.15, -0.1) is 0 Å². The molecule has 1 amide bonds. The van der Waals surface area contributed by atoms with Gasteiger partial charge in [0.05, 0.1) is 11.6 Å². The van der Waals surface area contributed by atoms with Crippen molar-refractivity contribution in [2.24, 2.45) is 5.92 Å². The van der Waals surface area contributed by atoms with E-state index in [-0.39, 0.29) is 11.8 Å². The zero-order valence-electron chi connectivity index (χ0n) is 15.5. The van der Waals surface area contributed by atoms with Gasteiger partial charge in [0.1, 0.15) is 0 Å². The minimum atomic E-state index is -0.101. The molecule has 8 heteroatoms. The number of hydrogen-bond donors (Lipinski definition) is 1. The molecule has 0 unspecified atom stereocenters. The van der Waals surface area contributed by atoms with Crippen LogP contribution in [0.4, 0.5) is 11.7 Å². The fourth-order valence-electron chi connectivity index (χ4n) is 3.30. The summed E-state index contributed by atoms with van der Waals surface area (Å²) in [5.41, 5.74) is 1.99. The number of aromatic nitrogens is 2. The van der Waals surface area contributed by atoms with E-state index in [0.29, 0.717) is 54.0 Å². The van der Waals surface area contributed by atoms with Gasteiger partial charge >= 0.3 is 6.01 Å². The second-order valence-electron chi connectivity index (χ2n) is 6.85. The van der Waals surface area contributed by atoms with Crippen molar-refractivity contribution in [1.82, 2.24) is 10.1 Å². The number of hydrogen-bond acceptors (Lipinski definition) is 6. The quantitative estimate of drug-likeness (QED) is 0.699.